The standard InChI is InChI=1S/C33H25Cl3N4O6S3/c34-15-26(42)39-33-37-16-24(48-33)21-17-49(45)32-29(47-20-11-12-22(35)23(36)13-20)31(44)40(32)30(21)38-25(41)14-27(43)46-28(18-7-3-1-4-8-18)19-9-5-2-6-10-19/h1-13,16,28-29,32H,14-15,17H2,(H,38,41)(H,37,39,42). The second-order valence-electron chi connectivity index (χ2n) is 10.7. The highest BCUT2D eigenvalue weighted by atomic mass is 35.5. The number of halogens is 3. The van der Waals surface area contributed by atoms with E-state index in [0.717, 1.165) is 22.5 Å². The number of rotatable bonds is 11. The third-order valence-corrected chi connectivity index (χ3v) is 12.4. The van der Waals surface area contributed by atoms with Gasteiger partial charge in [-0.2, -0.15) is 0 Å². The Labute approximate surface area is 307 Å². The van der Waals surface area contributed by atoms with E-state index in [1.807, 2.05) is 60.7 Å². The van der Waals surface area contributed by atoms with E-state index in [4.69, 9.17) is 39.5 Å². The highest BCUT2D eigenvalue weighted by Gasteiger charge is 2.60. The van der Waals surface area contributed by atoms with Gasteiger partial charge in [0.2, 0.25) is 17.2 Å². The summed E-state index contributed by atoms with van der Waals surface area (Å²) in [6, 6.07) is 23.2. The van der Waals surface area contributed by atoms with E-state index in [1.54, 1.807) is 18.2 Å². The Morgan fingerprint density at radius 1 is 1.00 bits per heavy atom. The number of amides is 3. The van der Waals surface area contributed by atoms with Crippen molar-refractivity contribution in [2.24, 2.45) is 0 Å². The molecule has 3 atom stereocenters. The molecule has 2 aliphatic heterocycles. The smallest absolute Gasteiger partial charge is 0.316 e. The molecule has 1 saturated heterocycles. The van der Waals surface area contributed by atoms with Crippen LogP contribution in [0.5, 0.6) is 0 Å². The molecule has 0 spiro atoms. The second kappa shape index (κ2) is 15.5. The number of aromatic nitrogens is 1. The van der Waals surface area contributed by atoms with Crippen molar-refractivity contribution in [3.63, 3.8) is 0 Å². The lowest BCUT2D eigenvalue weighted by Crippen LogP contribution is -2.69. The zero-order valence-corrected chi connectivity index (χ0v) is 29.9. The van der Waals surface area contributed by atoms with Crippen molar-refractivity contribution in [1.29, 1.82) is 0 Å². The Balaban J connectivity index is 1.25. The van der Waals surface area contributed by atoms with E-state index in [0.29, 0.717) is 25.4 Å². The fraction of sp³-hybridized carbons (Fsp3) is 0.182. The molecule has 2 aliphatic rings. The number of ether oxygens (including phenoxy) is 1. The minimum atomic E-state index is -1.60. The Bertz CT molecular complexity index is 1890. The number of anilines is 1. The Morgan fingerprint density at radius 2 is 1.67 bits per heavy atom. The van der Waals surface area contributed by atoms with Crippen LogP contribution in [-0.2, 0) is 35.1 Å². The van der Waals surface area contributed by atoms with Gasteiger partial charge in [0.25, 0.3) is 5.91 Å². The van der Waals surface area contributed by atoms with Crippen LogP contribution in [0.25, 0.3) is 5.57 Å². The zero-order valence-electron chi connectivity index (χ0n) is 25.1. The molecule has 2 N–H and O–H groups in total. The lowest BCUT2D eigenvalue weighted by atomic mass is 10.0. The molecule has 4 aromatic rings. The van der Waals surface area contributed by atoms with Gasteiger partial charge in [0.05, 0.1) is 20.5 Å². The number of thiazole rings is 1. The summed E-state index contributed by atoms with van der Waals surface area (Å²) in [5.41, 5.74) is 1.81. The summed E-state index contributed by atoms with van der Waals surface area (Å²) >= 11 is 18.5. The van der Waals surface area contributed by atoms with Crippen LogP contribution in [0.4, 0.5) is 5.13 Å². The molecule has 3 aromatic carbocycles. The van der Waals surface area contributed by atoms with Crippen molar-refractivity contribution < 1.29 is 28.5 Å². The summed E-state index contributed by atoms with van der Waals surface area (Å²) < 4.78 is 19.5. The van der Waals surface area contributed by atoms with Crippen molar-refractivity contribution in [3.8, 4) is 0 Å². The summed E-state index contributed by atoms with van der Waals surface area (Å²) in [4.78, 5) is 58.8. The number of β-lactam (4-membered cyclic amide) rings is 1. The van der Waals surface area contributed by atoms with Crippen LogP contribution >= 0.6 is 57.9 Å². The number of nitrogens with zero attached hydrogens (tertiary/aromatic N) is 2. The number of hydrogen-bond donors (Lipinski definition) is 2. The number of thioether (sulfide) groups is 1. The third-order valence-electron chi connectivity index (χ3n) is 7.42. The lowest BCUT2D eigenvalue weighted by Gasteiger charge is -2.49. The Kier molecular flexibility index (Phi) is 11.2. The van der Waals surface area contributed by atoms with Crippen LogP contribution in [0.2, 0.25) is 10.0 Å². The van der Waals surface area contributed by atoms with E-state index in [9.17, 15) is 23.7 Å². The summed E-state index contributed by atoms with van der Waals surface area (Å²) in [5.74, 6) is -2.64. The number of hydrogen-bond acceptors (Lipinski definition) is 9. The average Bonchev–Trinajstić information content (AvgIpc) is 3.56. The first-order chi connectivity index (χ1) is 23.6. The van der Waals surface area contributed by atoms with E-state index in [1.165, 1.54) is 22.9 Å². The number of carbonyl (C=O) groups is 4. The van der Waals surface area contributed by atoms with Crippen molar-refractivity contribution in [2.75, 3.05) is 16.9 Å². The second-order valence-corrected chi connectivity index (χ2v) is 15.6. The van der Waals surface area contributed by atoms with E-state index >= 15 is 0 Å². The maximum atomic E-state index is 13.7. The molecular weight excluding hydrogens is 751 g/mol. The number of nitrogens with one attached hydrogen (secondary N) is 2. The molecule has 10 nitrogen and oxygen atoms in total. The van der Waals surface area contributed by atoms with E-state index in [-0.39, 0.29) is 22.6 Å². The number of esters is 1. The first-order valence-corrected chi connectivity index (χ1v) is 19.0. The van der Waals surface area contributed by atoms with Gasteiger partial charge in [-0.15, -0.1) is 23.4 Å². The molecule has 1 fully saturated rings. The van der Waals surface area contributed by atoms with Crippen LogP contribution in [0.3, 0.4) is 0 Å². The normalized spacial score (nSPS) is 18.5. The largest absolute Gasteiger partial charge is 0.614 e. The summed E-state index contributed by atoms with van der Waals surface area (Å²) in [6.07, 6.45) is 0.0243. The van der Waals surface area contributed by atoms with Gasteiger partial charge in [-0.25, -0.2) is 9.88 Å². The molecule has 16 heteroatoms. The van der Waals surface area contributed by atoms with Gasteiger partial charge in [0.1, 0.15) is 23.9 Å². The van der Waals surface area contributed by atoms with Crippen LogP contribution < -0.4 is 10.6 Å². The molecule has 0 aliphatic carbocycles. The molecule has 252 valence electrons. The van der Waals surface area contributed by atoms with Gasteiger partial charge in [-0.1, -0.05) is 95.2 Å². The van der Waals surface area contributed by atoms with Crippen LogP contribution in [0.15, 0.2) is 95.8 Å². The summed E-state index contributed by atoms with van der Waals surface area (Å²) in [7, 11) is 0. The third kappa shape index (κ3) is 7.93. The fourth-order valence-electron chi connectivity index (χ4n) is 5.19. The van der Waals surface area contributed by atoms with Crippen LogP contribution in [0, 0.1) is 0 Å². The lowest BCUT2D eigenvalue weighted by molar-refractivity contribution is -0.149. The number of carbonyl (C=O) groups excluding carboxylic acids is 4. The Hall–Kier alpha value is -3.56. The van der Waals surface area contributed by atoms with Gasteiger partial charge >= 0.3 is 5.97 Å². The quantitative estimate of drug-likeness (QED) is 0.0602. The highest BCUT2D eigenvalue weighted by molar-refractivity contribution is 8.02. The van der Waals surface area contributed by atoms with Gasteiger partial charge in [-0.3, -0.25) is 19.2 Å². The molecule has 0 saturated carbocycles. The molecular formula is C33H25Cl3N4O6S3. The predicted molar refractivity (Wildman–Crippen MR) is 192 cm³/mol. The SMILES string of the molecule is O=C(CC(=O)OC(c1ccccc1)c1ccccc1)NC1=C(c2cnc(NC(=O)CCl)s2)C[S+]([O-])C2C(Sc3ccc(Cl)c(Cl)c3)C(=O)N12. The van der Waals surface area contributed by atoms with Crippen molar-refractivity contribution in [3.05, 3.63) is 117 Å². The zero-order chi connectivity index (χ0) is 34.7. The number of fused-ring (bicyclic) bond motifs is 1. The molecule has 3 heterocycles. The maximum absolute atomic E-state index is 13.7. The highest BCUT2D eigenvalue weighted by Crippen LogP contribution is 2.46. The molecule has 0 bridgehead atoms. The predicted octanol–water partition coefficient (Wildman–Crippen LogP) is 6.23. The molecule has 0 radical (unpaired) electrons. The molecule has 6 rings (SSSR count). The minimum absolute atomic E-state index is 0.0396. The van der Waals surface area contributed by atoms with E-state index in [2.05, 4.69) is 15.6 Å². The summed E-state index contributed by atoms with van der Waals surface area (Å²) in [5, 5.41) is 4.65. The Morgan fingerprint density at radius 3 is 2.31 bits per heavy atom. The van der Waals surface area contributed by atoms with Crippen LogP contribution in [-0.4, -0.2) is 60.4 Å². The molecule has 3 amide bonds. The fourth-order valence-corrected chi connectivity index (χ4v) is 9.79. The van der Waals surface area contributed by atoms with Crippen molar-refractivity contribution in [1.82, 2.24) is 15.2 Å². The average molecular weight is 776 g/mol. The monoisotopic (exact) mass is 774 g/mol. The van der Waals surface area contributed by atoms with Crippen molar-refractivity contribution in [2.45, 2.75) is 28.0 Å². The van der Waals surface area contributed by atoms with Crippen LogP contribution in [0.1, 0.15) is 28.5 Å². The molecule has 3 unspecified atom stereocenters. The summed E-state index contributed by atoms with van der Waals surface area (Å²) in [6.45, 7) is 0. The van der Waals surface area contributed by atoms with Crippen molar-refractivity contribution >= 4 is 103 Å². The molecule has 1 aromatic heterocycles. The maximum Gasteiger partial charge on any atom is 0.316 e. The topological polar surface area (TPSA) is 141 Å². The van der Waals surface area contributed by atoms with Gasteiger partial charge in [0.15, 0.2) is 16.5 Å². The minimum Gasteiger partial charge on any atom is -0.614 e. The van der Waals surface area contributed by atoms with E-state index < -0.39 is 58.0 Å². The first kappa shape index (κ1) is 35.3. The molecule has 49 heavy (non-hydrogen) atoms. The number of benzene rings is 3. The van der Waals surface area contributed by atoms with Gasteiger partial charge in [0, 0.05) is 11.1 Å². The van der Waals surface area contributed by atoms with Gasteiger partial charge in [-0.05, 0) is 40.5 Å². The van der Waals surface area contributed by atoms with Gasteiger partial charge < -0.3 is 19.9 Å². The first-order valence-electron chi connectivity index (χ1n) is 14.6. The number of alkyl halides is 1.